The lowest BCUT2D eigenvalue weighted by atomic mass is 9.92. The van der Waals surface area contributed by atoms with E-state index in [0.717, 1.165) is 28.2 Å². The molecule has 2 aliphatic rings. The highest BCUT2D eigenvalue weighted by Gasteiger charge is 2.55. The molecule has 1 N–H and O–H groups in total. The van der Waals surface area contributed by atoms with Crippen molar-refractivity contribution in [2.45, 2.75) is 31.1 Å². The summed E-state index contributed by atoms with van der Waals surface area (Å²) < 4.78 is 38.6. The summed E-state index contributed by atoms with van der Waals surface area (Å²) in [5, 5.41) is 2.77. The molecule has 1 aliphatic heterocycles. The highest BCUT2D eigenvalue weighted by atomic mass is 19.4. The Bertz CT molecular complexity index is 910. The normalized spacial score (nSPS) is 22.0. The van der Waals surface area contributed by atoms with Crippen molar-refractivity contribution in [3.63, 3.8) is 0 Å². The van der Waals surface area contributed by atoms with Gasteiger partial charge in [0.05, 0.1) is 12.1 Å². The zero-order valence-electron chi connectivity index (χ0n) is 13.6. The number of benzene rings is 2. The second-order valence-electron chi connectivity index (χ2n) is 6.58. The first-order valence-electron chi connectivity index (χ1n) is 8.20. The predicted octanol–water partition coefficient (Wildman–Crippen LogP) is 3.60. The Labute approximate surface area is 147 Å². The number of fused-ring (bicyclic) bond motifs is 2. The van der Waals surface area contributed by atoms with Crippen LogP contribution < -0.4 is 5.32 Å². The van der Waals surface area contributed by atoms with Gasteiger partial charge in [0, 0.05) is 0 Å². The van der Waals surface area contributed by atoms with E-state index in [-0.39, 0.29) is 12.1 Å². The summed E-state index contributed by atoms with van der Waals surface area (Å²) in [6, 6.07) is 11.5. The van der Waals surface area contributed by atoms with E-state index in [4.69, 9.17) is 0 Å². The number of hydrogen-bond donors (Lipinski definition) is 1. The van der Waals surface area contributed by atoms with Gasteiger partial charge in [0.2, 0.25) is 0 Å². The summed E-state index contributed by atoms with van der Waals surface area (Å²) in [4.78, 5) is 26.4. The van der Waals surface area contributed by atoms with Crippen LogP contribution in [0.2, 0.25) is 0 Å². The van der Waals surface area contributed by atoms with Crippen LogP contribution in [0.5, 0.6) is 0 Å². The lowest BCUT2D eigenvalue weighted by Gasteiger charge is -2.22. The van der Waals surface area contributed by atoms with E-state index in [0.29, 0.717) is 12.8 Å². The fourth-order valence-corrected chi connectivity index (χ4v) is 3.76. The quantitative estimate of drug-likeness (QED) is 0.832. The van der Waals surface area contributed by atoms with Crippen LogP contribution >= 0.6 is 0 Å². The van der Waals surface area contributed by atoms with Gasteiger partial charge in [-0.25, -0.2) is 4.79 Å². The Morgan fingerprint density at radius 2 is 1.85 bits per heavy atom. The van der Waals surface area contributed by atoms with E-state index in [1.165, 1.54) is 12.1 Å². The van der Waals surface area contributed by atoms with Gasteiger partial charge >= 0.3 is 12.2 Å². The van der Waals surface area contributed by atoms with Crippen LogP contribution in [0.25, 0.3) is 0 Å². The average molecular weight is 360 g/mol. The molecule has 1 atom stereocenters. The highest BCUT2D eigenvalue weighted by molar-refractivity contribution is 6.08. The van der Waals surface area contributed by atoms with Gasteiger partial charge in [0.15, 0.2) is 0 Å². The number of hydrogen-bond acceptors (Lipinski definition) is 2. The lowest BCUT2D eigenvalue weighted by Crippen LogP contribution is -2.41. The number of carbonyl (C=O) groups excluding carboxylic acids is 2. The highest BCUT2D eigenvalue weighted by Crippen LogP contribution is 2.41. The summed E-state index contributed by atoms with van der Waals surface area (Å²) in [5.41, 5.74) is 0.122. The van der Waals surface area contributed by atoms with Gasteiger partial charge in [0.1, 0.15) is 5.54 Å². The van der Waals surface area contributed by atoms with Crippen LogP contribution in [0.1, 0.15) is 28.7 Å². The van der Waals surface area contributed by atoms with Crippen LogP contribution in [0, 0.1) is 0 Å². The molecule has 1 fully saturated rings. The first kappa shape index (κ1) is 16.6. The molecular formula is C19H15F3N2O2. The van der Waals surface area contributed by atoms with Gasteiger partial charge < -0.3 is 5.32 Å². The van der Waals surface area contributed by atoms with E-state index in [9.17, 15) is 22.8 Å². The fraction of sp³-hybridized carbons (Fsp3) is 0.263. The molecule has 1 saturated heterocycles. The van der Waals surface area contributed by atoms with Crippen molar-refractivity contribution in [2.24, 2.45) is 0 Å². The zero-order chi connectivity index (χ0) is 18.5. The van der Waals surface area contributed by atoms with Crippen molar-refractivity contribution >= 4 is 11.9 Å². The number of urea groups is 1. The SMILES string of the molecule is O=C1NC2(CCc3ccccc32)C(=O)N1Cc1cccc(C(F)(F)F)c1. The number of halogens is 3. The summed E-state index contributed by atoms with van der Waals surface area (Å²) in [5.74, 6) is -0.412. The molecule has 4 nitrogen and oxygen atoms in total. The largest absolute Gasteiger partial charge is 0.416 e. The first-order valence-corrected chi connectivity index (χ1v) is 8.20. The maximum Gasteiger partial charge on any atom is 0.416 e. The molecular weight excluding hydrogens is 345 g/mol. The smallest absolute Gasteiger partial charge is 0.319 e. The third-order valence-electron chi connectivity index (χ3n) is 5.02. The Morgan fingerprint density at radius 3 is 2.62 bits per heavy atom. The van der Waals surface area contributed by atoms with Gasteiger partial charge in [-0.15, -0.1) is 0 Å². The van der Waals surface area contributed by atoms with Crippen LogP contribution in [0.15, 0.2) is 48.5 Å². The molecule has 0 saturated carbocycles. The van der Waals surface area contributed by atoms with Crippen LogP contribution in [-0.2, 0) is 29.5 Å². The predicted molar refractivity (Wildman–Crippen MR) is 87.0 cm³/mol. The maximum atomic E-state index is 13.0. The third-order valence-corrected chi connectivity index (χ3v) is 5.02. The number of aryl methyl sites for hydroxylation is 1. The molecule has 134 valence electrons. The minimum absolute atomic E-state index is 0.196. The third kappa shape index (κ3) is 2.46. The molecule has 1 heterocycles. The summed E-state index contributed by atoms with van der Waals surface area (Å²) in [6.45, 7) is -0.196. The molecule has 2 aromatic rings. The second-order valence-corrected chi connectivity index (χ2v) is 6.58. The maximum absolute atomic E-state index is 13.0. The summed E-state index contributed by atoms with van der Waals surface area (Å²) >= 11 is 0. The van der Waals surface area contributed by atoms with Crippen LogP contribution in [0.4, 0.5) is 18.0 Å². The number of amides is 3. The van der Waals surface area contributed by atoms with E-state index in [1.54, 1.807) is 6.07 Å². The number of alkyl halides is 3. The minimum atomic E-state index is -4.47. The fourth-order valence-electron chi connectivity index (χ4n) is 3.76. The number of carbonyl (C=O) groups is 2. The molecule has 0 bridgehead atoms. The van der Waals surface area contributed by atoms with E-state index in [2.05, 4.69) is 5.32 Å². The van der Waals surface area contributed by atoms with Crippen LogP contribution in [-0.4, -0.2) is 16.8 Å². The molecule has 1 aliphatic carbocycles. The summed E-state index contributed by atoms with van der Waals surface area (Å²) in [6.07, 6.45) is -3.35. The Balaban J connectivity index is 1.64. The molecule has 3 amide bonds. The lowest BCUT2D eigenvalue weighted by molar-refractivity contribution is -0.137. The monoisotopic (exact) mass is 360 g/mol. The van der Waals surface area contributed by atoms with Crippen molar-refractivity contribution in [2.75, 3.05) is 0 Å². The van der Waals surface area contributed by atoms with Gasteiger partial charge in [-0.2, -0.15) is 13.2 Å². The molecule has 26 heavy (non-hydrogen) atoms. The standard InChI is InChI=1S/C19H15F3N2O2/c20-19(21,22)14-6-3-4-12(10-14)11-24-16(25)18(23-17(24)26)9-8-13-5-1-2-7-15(13)18/h1-7,10H,8-9,11H2,(H,23,26). The molecule has 2 aromatic carbocycles. The zero-order valence-corrected chi connectivity index (χ0v) is 13.6. The average Bonchev–Trinajstić information content (AvgIpc) is 3.09. The van der Waals surface area contributed by atoms with Crippen molar-refractivity contribution in [3.05, 3.63) is 70.8 Å². The van der Waals surface area contributed by atoms with Crippen molar-refractivity contribution in [1.82, 2.24) is 10.2 Å². The topological polar surface area (TPSA) is 49.4 Å². The molecule has 7 heteroatoms. The van der Waals surface area contributed by atoms with E-state index in [1.807, 2.05) is 18.2 Å². The van der Waals surface area contributed by atoms with E-state index < -0.39 is 29.2 Å². The minimum Gasteiger partial charge on any atom is -0.319 e. The molecule has 0 radical (unpaired) electrons. The van der Waals surface area contributed by atoms with Gasteiger partial charge in [0.25, 0.3) is 5.91 Å². The number of nitrogens with zero attached hydrogens (tertiary/aromatic N) is 1. The molecule has 1 spiro atoms. The second kappa shape index (κ2) is 5.59. The Kier molecular flexibility index (Phi) is 3.57. The van der Waals surface area contributed by atoms with E-state index >= 15 is 0 Å². The van der Waals surface area contributed by atoms with Gasteiger partial charge in [-0.1, -0.05) is 36.4 Å². The van der Waals surface area contributed by atoms with Crippen molar-refractivity contribution in [3.8, 4) is 0 Å². The Morgan fingerprint density at radius 1 is 1.08 bits per heavy atom. The summed E-state index contributed by atoms with van der Waals surface area (Å²) in [7, 11) is 0. The molecule has 4 rings (SSSR count). The Hall–Kier alpha value is -2.83. The molecule has 0 aromatic heterocycles. The van der Waals surface area contributed by atoms with Crippen molar-refractivity contribution < 1.29 is 22.8 Å². The number of rotatable bonds is 2. The van der Waals surface area contributed by atoms with Gasteiger partial charge in [-0.05, 0) is 41.7 Å². The molecule has 1 unspecified atom stereocenters. The van der Waals surface area contributed by atoms with Crippen molar-refractivity contribution in [1.29, 1.82) is 0 Å². The first-order chi connectivity index (χ1) is 12.3. The number of imide groups is 1. The van der Waals surface area contributed by atoms with Crippen LogP contribution in [0.3, 0.4) is 0 Å². The van der Waals surface area contributed by atoms with Gasteiger partial charge in [-0.3, -0.25) is 9.69 Å². The number of nitrogens with one attached hydrogen (secondary N) is 1.